The number of rotatable bonds is 21. The number of carboxylic acids is 2. The Hall–Kier alpha value is -3.18. The highest BCUT2D eigenvalue weighted by Crippen LogP contribution is 2.04. The minimum Gasteiger partial charge on any atom is -0.481 e. The zero-order chi connectivity index (χ0) is 25.6. The van der Waals surface area contributed by atoms with E-state index >= 15 is 0 Å². The van der Waals surface area contributed by atoms with E-state index in [9.17, 15) is 28.8 Å². The summed E-state index contributed by atoms with van der Waals surface area (Å²) in [5, 5.41) is 17.0. The molecule has 0 amide bonds. The number of aliphatic carboxylic acids is 2. The molecule has 194 valence electrons. The van der Waals surface area contributed by atoms with Crippen molar-refractivity contribution in [3.05, 3.63) is 0 Å². The fourth-order valence-corrected chi connectivity index (χ4v) is 2.53. The second-order valence-electron chi connectivity index (χ2n) is 7.38. The van der Waals surface area contributed by atoms with Crippen LogP contribution in [0.5, 0.6) is 0 Å². The van der Waals surface area contributed by atoms with Gasteiger partial charge in [-0.15, -0.1) is 0 Å². The zero-order valence-electron chi connectivity index (χ0n) is 19.3. The molecule has 0 rings (SSSR count). The quantitative estimate of drug-likeness (QED) is 0.136. The van der Waals surface area contributed by atoms with Gasteiger partial charge < -0.3 is 29.2 Å². The summed E-state index contributed by atoms with van der Waals surface area (Å²) in [6.45, 7) is -0.785. The Morgan fingerprint density at radius 1 is 0.412 bits per heavy atom. The van der Waals surface area contributed by atoms with Crippen LogP contribution in [0.4, 0.5) is 0 Å². The SMILES string of the molecule is O=C(O)CCCCCOC(=O)COC(=O)CCCCC(=O)OCC(=O)OCCCCCC(=O)O. The number of hydrogen-bond donors (Lipinski definition) is 2. The number of carbonyl (C=O) groups excluding carboxylic acids is 4. The van der Waals surface area contributed by atoms with Crippen molar-refractivity contribution in [2.75, 3.05) is 26.4 Å². The Balaban J connectivity index is 3.60. The lowest BCUT2D eigenvalue weighted by atomic mass is 10.2. The number of unbranched alkanes of at least 4 members (excludes halogenated alkanes) is 5. The first kappa shape index (κ1) is 30.8. The van der Waals surface area contributed by atoms with E-state index in [-0.39, 0.29) is 38.9 Å². The van der Waals surface area contributed by atoms with E-state index in [1.54, 1.807) is 0 Å². The Bertz CT molecular complexity index is 602. The molecule has 0 bridgehead atoms. The minimum atomic E-state index is -0.875. The van der Waals surface area contributed by atoms with Gasteiger partial charge in [-0.3, -0.25) is 19.2 Å². The van der Waals surface area contributed by atoms with Crippen LogP contribution >= 0.6 is 0 Å². The average molecular weight is 491 g/mol. The first-order valence-electron chi connectivity index (χ1n) is 11.3. The van der Waals surface area contributed by atoms with Gasteiger partial charge in [0.05, 0.1) is 13.2 Å². The lowest BCUT2D eigenvalue weighted by Gasteiger charge is -2.07. The normalized spacial score (nSPS) is 10.2. The molecule has 0 saturated heterocycles. The molecule has 0 saturated carbocycles. The van der Waals surface area contributed by atoms with E-state index in [1.165, 1.54) is 0 Å². The van der Waals surface area contributed by atoms with Crippen LogP contribution in [0.25, 0.3) is 0 Å². The van der Waals surface area contributed by atoms with Gasteiger partial charge in [-0.05, 0) is 51.4 Å². The predicted octanol–water partition coefficient (Wildman–Crippen LogP) is 2.01. The molecule has 0 aliphatic heterocycles. The molecule has 34 heavy (non-hydrogen) atoms. The molecule has 2 N–H and O–H groups in total. The molecular formula is C22H34O12. The van der Waals surface area contributed by atoms with Gasteiger partial charge in [0.15, 0.2) is 13.2 Å². The second-order valence-corrected chi connectivity index (χ2v) is 7.38. The summed E-state index contributed by atoms with van der Waals surface area (Å²) >= 11 is 0. The van der Waals surface area contributed by atoms with Crippen LogP contribution in [0.3, 0.4) is 0 Å². The van der Waals surface area contributed by atoms with E-state index in [0.29, 0.717) is 51.4 Å². The smallest absolute Gasteiger partial charge is 0.344 e. The fourth-order valence-electron chi connectivity index (χ4n) is 2.53. The number of carboxylic acid groups (broad SMARTS) is 2. The molecule has 0 aliphatic rings. The maximum atomic E-state index is 11.6. The highest BCUT2D eigenvalue weighted by molar-refractivity contribution is 5.77. The van der Waals surface area contributed by atoms with Crippen LogP contribution in [0.15, 0.2) is 0 Å². The summed E-state index contributed by atoms with van der Waals surface area (Å²) < 4.78 is 19.3. The largest absolute Gasteiger partial charge is 0.481 e. The van der Waals surface area contributed by atoms with Crippen molar-refractivity contribution in [3.63, 3.8) is 0 Å². The van der Waals surface area contributed by atoms with Crippen molar-refractivity contribution in [2.45, 2.75) is 77.0 Å². The van der Waals surface area contributed by atoms with Crippen molar-refractivity contribution in [3.8, 4) is 0 Å². The van der Waals surface area contributed by atoms with Gasteiger partial charge in [0, 0.05) is 25.7 Å². The molecule has 0 fully saturated rings. The third kappa shape index (κ3) is 22.0. The van der Waals surface area contributed by atoms with E-state index in [0.717, 1.165) is 0 Å². The third-order valence-corrected chi connectivity index (χ3v) is 4.31. The van der Waals surface area contributed by atoms with Gasteiger partial charge in [0.25, 0.3) is 0 Å². The first-order valence-corrected chi connectivity index (χ1v) is 11.3. The molecule has 12 heteroatoms. The van der Waals surface area contributed by atoms with Gasteiger partial charge in [-0.1, -0.05) is 0 Å². The summed E-state index contributed by atoms with van der Waals surface area (Å²) in [5.74, 6) is -4.36. The predicted molar refractivity (Wildman–Crippen MR) is 115 cm³/mol. The molecule has 0 spiro atoms. The van der Waals surface area contributed by atoms with Crippen LogP contribution in [-0.2, 0) is 47.7 Å². The molecule has 0 aromatic carbocycles. The van der Waals surface area contributed by atoms with Crippen molar-refractivity contribution in [2.24, 2.45) is 0 Å². The Morgan fingerprint density at radius 2 is 0.765 bits per heavy atom. The van der Waals surface area contributed by atoms with E-state index in [1.807, 2.05) is 0 Å². The van der Waals surface area contributed by atoms with E-state index in [2.05, 4.69) is 0 Å². The highest BCUT2D eigenvalue weighted by Gasteiger charge is 2.11. The molecule has 12 nitrogen and oxygen atoms in total. The summed E-state index contributed by atoms with van der Waals surface area (Å²) in [6, 6.07) is 0. The second kappa shape index (κ2) is 20.4. The maximum Gasteiger partial charge on any atom is 0.344 e. The van der Waals surface area contributed by atoms with Crippen LogP contribution in [0.2, 0.25) is 0 Å². The molecule has 0 aromatic heterocycles. The summed E-state index contributed by atoms with van der Waals surface area (Å²) in [7, 11) is 0. The van der Waals surface area contributed by atoms with Crippen LogP contribution < -0.4 is 0 Å². The van der Waals surface area contributed by atoms with Gasteiger partial charge in [0.1, 0.15) is 0 Å². The Morgan fingerprint density at radius 3 is 1.12 bits per heavy atom. The van der Waals surface area contributed by atoms with Crippen LogP contribution in [0.1, 0.15) is 77.0 Å². The van der Waals surface area contributed by atoms with Gasteiger partial charge in [-0.25, -0.2) is 9.59 Å². The summed E-state index contributed by atoms with van der Waals surface area (Å²) in [5.41, 5.74) is 0. The van der Waals surface area contributed by atoms with Crippen molar-refractivity contribution in [1.29, 1.82) is 0 Å². The lowest BCUT2D eigenvalue weighted by Crippen LogP contribution is -2.17. The highest BCUT2D eigenvalue weighted by atomic mass is 16.6. The molecule has 0 aromatic rings. The standard InChI is InChI=1S/C22H34O12/c23-17(24)9-3-1-7-13-31-21(29)15-33-19(27)11-5-6-12-20(28)34-16-22(30)32-14-8-2-4-10-18(25)26/h1-16H2,(H,23,24)(H,25,26). The van der Waals surface area contributed by atoms with Crippen molar-refractivity contribution >= 4 is 35.8 Å². The van der Waals surface area contributed by atoms with Gasteiger partial charge >= 0.3 is 35.8 Å². The molecular weight excluding hydrogens is 456 g/mol. The number of ether oxygens (including phenoxy) is 4. The number of esters is 4. The molecule has 0 radical (unpaired) electrons. The van der Waals surface area contributed by atoms with Crippen LogP contribution in [-0.4, -0.2) is 72.5 Å². The number of carbonyl (C=O) groups is 6. The molecule has 0 aliphatic carbocycles. The minimum absolute atomic E-state index is 0.000329. The fraction of sp³-hybridized carbons (Fsp3) is 0.727. The summed E-state index contributed by atoms with van der Waals surface area (Å²) in [4.78, 5) is 66.8. The Labute approximate surface area is 197 Å². The first-order chi connectivity index (χ1) is 16.2. The molecule has 0 unspecified atom stereocenters. The summed E-state index contributed by atoms with van der Waals surface area (Å²) in [6.07, 6.45) is 4.04. The van der Waals surface area contributed by atoms with E-state index in [4.69, 9.17) is 29.2 Å². The monoisotopic (exact) mass is 490 g/mol. The maximum absolute atomic E-state index is 11.6. The number of hydrogen-bond acceptors (Lipinski definition) is 10. The molecule has 0 atom stereocenters. The topological polar surface area (TPSA) is 180 Å². The Kier molecular flexibility index (Phi) is 18.5. The lowest BCUT2D eigenvalue weighted by molar-refractivity contribution is -0.159. The van der Waals surface area contributed by atoms with E-state index < -0.39 is 49.0 Å². The van der Waals surface area contributed by atoms with Gasteiger partial charge in [-0.2, -0.15) is 0 Å². The van der Waals surface area contributed by atoms with Crippen LogP contribution in [0, 0.1) is 0 Å². The third-order valence-electron chi connectivity index (χ3n) is 4.31. The zero-order valence-corrected chi connectivity index (χ0v) is 19.3. The van der Waals surface area contributed by atoms with Crippen molar-refractivity contribution in [1.82, 2.24) is 0 Å². The average Bonchev–Trinajstić information content (AvgIpc) is 2.78. The van der Waals surface area contributed by atoms with Crippen molar-refractivity contribution < 1.29 is 57.9 Å². The molecule has 0 heterocycles. The van der Waals surface area contributed by atoms with Gasteiger partial charge in [0.2, 0.25) is 0 Å².